The number of aliphatic hydroxyl groups excluding tert-OH is 1. The van der Waals surface area contributed by atoms with Crippen LogP contribution in [0.4, 0.5) is 0 Å². The number of hydrogen-bond donors (Lipinski definition) is 2. The number of nitriles is 1. The molecule has 3 atom stereocenters. The Morgan fingerprint density at radius 1 is 1.23 bits per heavy atom. The molecule has 3 unspecified atom stereocenters. The molecule has 0 fully saturated rings. The van der Waals surface area contributed by atoms with E-state index in [0.29, 0.717) is 19.1 Å². The van der Waals surface area contributed by atoms with Crippen molar-refractivity contribution in [2.24, 2.45) is 10.6 Å². The predicted molar refractivity (Wildman–Crippen MR) is 114 cm³/mol. The molecule has 13 heteroatoms. The van der Waals surface area contributed by atoms with Crippen LogP contribution in [0.1, 0.15) is 39.5 Å². The van der Waals surface area contributed by atoms with Gasteiger partial charge in [-0.05, 0) is 33.1 Å². The van der Waals surface area contributed by atoms with Crippen LogP contribution >= 0.6 is 0 Å². The molecule has 0 saturated carbocycles. The van der Waals surface area contributed by atoms with Gasteiger partial charge in [-0.15, -0.1) is 0 Å². The van der Waals surface area contributed by atoms with Gasteiger partial charge in [0.05, 0.1) is 23.3 Å². The highest BCUT2D eigenvalue weighted by Gasteiger charge is 2.37. The van der Waals surface area contributed by atoms with Gasteiger partial charge in [0, 0.05) is 40.4 Å². The van der Waals surface area contributed by atoms with E-state index in [2.05, 4.69) is 0 Å². The van der Waals surface area contributed by atoms with E-state index in [4.69, 9.17) is 27.9 Å². The second-order valence-corrected chi connectivity index (χ2v) is 12.7. The molecule has 0 aliphatic heterocycles. The molecule has 0 aromatic rings. The Morgan fingerprint density at radius 2 is 1.81 bits per heavy atom. The lowest BCUT2D eigenvalue weighted by molar-refractivity contribution is -0.148. The number of esters is 1. The van der Waals surface area contributed by atoms with Gasteiger partial charge in [-0.2, -0.15) is 5.26 Å². The molecular formula is C18H36N2O9SSi. The van der Waals surface area contributed by atoms with Crippen molar-refractivity contribution in [2.45, 2.75) is 56.9 Å². The summed E-state index contributed by atoms with van der Waals surface area (Å²) in [6.45, 7) is 3.07. The highest BCUT2D eigenvalue weighted by Crippen LogP contribution is 2.30. The predicted octanol–water partition coefficient (Wildman–Crippen LogP) is 0.552. The lowest BCUT2D eigenvalue weighted by Gasteiger charge is -2.24. The second kappa shape index (κ2) is 14.1. The van der Waals surface area contributed by atoms with E-state index in [0.717, 1.165) is 0 Å². The fraction of sp³-hybridized carbons (Fsp3) is 0.889. The molecule has 182 valence electrons. The zero-order valence-electron chi connectivity index (χ0n) is 19.0. The van der Waals surface area contributed by atoms with Crippen molar-refractivity contribution < 1.29 is 41.1 Å². The zero-order chi connectivity index (χ0) is 24.1. The Bertz CT molecular complexity index is 674. The van der Waals surface area contributed by atoms with Crippen LogP contribution in [0.15, 0.2) is 0 Å². The first-order valence-corrected chi connectivity index (χ1v) is 13.4. The number of aliphatic hydroxyl groups is 1. The molecule has 11 nitrogen and oxygen atoms in total. The third-order valence-electron chi connectivity index (χ3n) is 4.90. The van der Waals surface area contributed by atoms with Crippen LogP contribution in [0.2, 0.25) is 6.04 Å². The molecule has 0 amide bonds. The third-order valence-corrected chi connectivity index (χ3v) is 9.02. The molecule has 0 rings (SSSR count). The van der Waals surface area contributed by atoms with Crippen molar-refractivity contribution in [3.05, 3.63) is 0 Å². The summed E-state index contributed by atoms with van der Waals surface area (Å²) >= 11 is 0. The van der Waals surface area contributed by atoms with Crippen molar-refractivity contribution in [3.8, 4) is 6.07 Å². The molecule has 0 aliphatic rings. The number of carbonyl (C=O) groups excluding carboxylic acids is 1. The molecular weight excluding hydrogens is 448 g/mol. The molecule has 0 aliphatic carbocycles. The molecule has 0 aromatic heterocycles. The van der Waals surface area contributed by atoms with Gasteiger partial charge in [0.2, 0.25) is 10.0 Å². The van der Waals surface area contributed by atoms with Gasteiger partial charge in [0.1, 0.15) is 12.7 Å². The average Bonchev–Trinajstić information content (AvgIpc) is 2.73. The molecule has 31 heavy (non-hydrogen) atoms. The van der Waals surface area contributed by atoms with Crippen molar-refractivity contribution in [1.82, 2.24) is 0 Å². The van der Waals surface area contributed by atoms with Gasteiger partial charge >= 0.3 is 14.8 Å². The van der Waals surface area contributed by atoms with Crippen molar-refractivity contribution >= 4 is 24.8 Å². The topological polar surface area (TPSA) is 167 Å². The van der Waals surface area contributed by atoms with Gasteiger partial charge in [0.25, 0.3) is 0 Å². The first-order chi connectivity index (χ1) is 14.4. The standard InChI is InChI=1S/C18H36N2O9SSi/c1-15(30(20,23)24)11-18(2,14-19)8-7-17(22)29-13-16(21)12-28-9-6-10-31(25-3,26-4)27-5/h15-16,21H,6-13H2,1-5H3,(H2,20,23,24). The van der Waals surface area contributed by atoms with Gasteiger partial charge in [-0.3, -0.25) is 4.79 Å². The number of primary sulfonamides is 1. The lowest BCUT2D eigenvalue weighted by Crippen LogP contribution is -2.42. The average molecular weight is 485 g/mol. The summed E-state index contributed by atoms with van der Waals surface area (Å²) < 4.78 is 49.0. The zero-order valence-corrected chi connectivity index (χ0v) is 20.8. The summed E-state index contributed by atoms with van der Waals surface area (Å²) in [5, 5.41) is 23.4. The first-order valence-electron chi connectivity index (χ1n) is 9.86. The van der Waals surface area contributed by atoms with Gasteiger partial charge in [0.15, 0.2) is 0 Å². The molecule has 3 N–H and O–H groups in total. The van der Waals surface area contributed by atoms with Gasteiger partial charge < -0.3 is 27.9 Å². The molecule has 0 heterocycles. The van der Waals surface area contributed by atoms with Crippen LogP contribution in [-0.4, -0.2) is 80.8 Å². The molecule has 0 radical (unpaired) electrons. The number of rotatable bonds is 17. The smallest absolute Gasteiger partial charge is 0.463 e. The van der Waals surface area contributed by atoms with Crippen LogP contribution in [0.25, 0.3) is 0 Å². The van der Waals surface area contributed by atoms with Crippen LogP contribution in [0.3, 0.4) is 0 Å². The number of hydrogen-bond acceptors (Lipinski definition) is 10. The van der Waals surface area contributed by atoms with Gasteiger partial charge in [-0.25, -0.2) is 13.6 Å². The van der Waals surface area contributed by atoms with E-state index < -0.39 is 41.6 Å². The maximum atomic E-state index is 11.9. The van der Waals surface area contributed by atoms with Crippen LogP contribution < -0.4 is 5.14 Å². The Kier molecular flexibility index (Phi) is 13.6. The molecule has 0 spiro atoms. The van der Waals surface area contributed by atoms with E-state index in [-0.39, 0.29) is 32.5 Å². The maximum Gasteiger partial charge on any atom is 0.500 e. The lowest BCUT2D eigenvalue weighted by atomic mass is 9.82. The van der Waals surface area contributed by atoms with E-state index >= 15 is 0 Å². The normalized spacial score (nSPS) is 16.2. The Hall–Kier alpha value is -1.11. The van der Waals surface area contributed by atoms with Crippen LogP contribution in [0, 0.1) is 16.7 Å². The molecule has 0 bridgehead atoms. The fourth-order valence-corrected chi connectivity index (χ4v) is 5.10. The minimum Gasteiger partial charge on any atom is -0.463 e. The monoisotopic (exact) mass is 484 g/mol. The Labute approximate surface area is 186 Å². The summed E-state index contributed by atoms with van der Waals surface area (Å²) in [5.41, 5.74) is -1.04. The first kappa shape index (κ1) is 29.9. The summed E-state index contributed by atoms with van der Waals surface area (Å²) in [5.74, 6) is -0.597. The number of nitrogens with zero attached hydrogens (tertiary/aromatic N) is 1. The van der Waals surface area contributed by atoms with Crippen LogP contribution in [0.5, 0.6) is 0 Å². The quantitative estimate of drug-likeness (QED) is 0.169. The minimum atomic E-state index is -3.77. The Balaban J connectivity index is 4.20. The SMILES string of the molecule is CO[Si](CCCOCC(O)COC(=O)CCC(C)(C#N)CC(C)S(N)(=O)=O)(OC)OC. The summed E-state index contributed by atoms with van der Waals surface area (Å²) in [6.07, 6.45) is -0.363. The Morgan fingerprint density at radius 3 is 2.29 bits per heavy atom. The highest BCUT2D eigenvalue weighted by atomic mass is 32.2. The van der Waals surface area contributed by atoms with Crippen molar-refractivity contribution in [3.63, 3.8) is 0 Å². The van der Waals surface area contributed by atoms with Crippen LogP contribution in [-0.2, 0) is 37.6 Å². The highest BCUT2D eigenvalue weighted by molar-refractivity contribution is 7.89. The summed E-state index contributed by atoms with van der Waals surface area (Å²) in [7, 11) is -1.84. The van der Waals surface area contributed by atoms with E-state index in [1.165, 1.54) is 28.3 Å². The number of carbonyl (C=O) groups is 1. The molecule has 0 saturated heterocycles. The summed E-state index contributed by atoms with van der Waals surface area (Å²) in [4.78, 5) is 11.9. The number of sulfonamides is 1. The number of nitrogens with two attached hydrogens (primary N) is 1. The minimum absolute atomic E-state index is 0.00539. The van der Waals surface area contributed by atoms with Crippen molar-refractivity contribution in [1.29, 1.82) is 5.26 Å². The fourth-order valence-electron chi connectivity index (χ4n) is 2.81. The summed E-state index contributed by atoms with van der Waals surface area (Å²) in [6, 6.07) is 2.60. The largest absolute Gasteiger partial charge is 0.500 e. The third kappa shape index (κ3) is 11.9. The van der Waals surface area contributed by atoms with E-state index in [1.54, 1.807) is 6.92 Å². The molecule has 0 aromatic carbocycles. The number of ether oxygens (including phenoxy) is 2. The van der Waals surface area contributed by atoms with E-state index in [9.17, 15) is 23.6 Å². The maximum absolute atomic E-state index is 11.9. The van der Waals surface area contributed by atoms with Crippen molar-refractivity contribution in [2.75, 3.05) is 41.2 Å². The van der Waals surface area contributed by atoms with Gasteiger partial charge in [-0.1, -0.05) is 0 Å². The van der Waals surface area contributed by atoms with E-state index in [1.807, 2.05) is 6.07 Å². The second-order valence-electron chi connectivity index (χ2n) is 7.59.